The van der Waals surface area contributed by atoms with E-state index in [1.54, 1.807) is 0 Å². The van der Waals surface area contributed by atoms with Crippen molar-refractivity contribution in [2.45, 2.75) is 12.3 Å². The summed E-state index contributed by atoms with van der Waals surface area (Å²) >= 11 is 0. The zero-order valence-electron chi connectivity index (χ0n) is 38.3. The number of nitrogens with zero attached hydrogens (tertiary/aromatic N) is 2. The van der Waals surface area contributed by atoms with Gasteiger partial charge in [0.1, 0.15) is 22.3 Å². The number of furan rings is 2. The minimum absolute atomic E-state index is 0.184. The van der Waals surface area contributed by atoms with Crippen LogP contribution in [0.2, 0.25) is 0 Å². The summed E-state index contributed by atoms with van der Waals surface area (Å²) in [4.78, 5) is 4.70. The first-order valence-electron chi connectivity index (χ1n) is 24.0. The number of para-hydroxylation sites is 6. The Morgan fingerprint density at radius 1 is 0.343 bits per heavy atom. The number of rotatable bonds is 10. The van der Waals surface area contributed by atoms with Crippen LogP contribution >= 0.6 is 0 Å². The van der Waals surface area contributed by atoms with Crippen LogP contribution in [0.1, 0.15) is 17.9 Å². The van der Waals surface area contributed by atoms with E-state index in [0.717, 1.165) is 112 Å². The Bertz CT molecular complexity index is 3920. The third-order valence-electron chi connectivity index (χ3n) is 13.8. The molecule has 12 aromatic rings. The Hall–Kier alpha value is -9.12. The maximum atomic E-state index is 6.42. The molecule has 1 unspecified atom stereocenters. The lowest BCUT2D eigenvalue weighted by Gasteiger charge is -2.30. The van der Waals surface area contributed by atoms with E-state index in [-0.39, 0.29) is 5.92 Å². The minimum atomic E-state index is 0.184. The lowest BCUT2D eigenvalue weighted by Crippen LogP contribution is -2.17. The fraction of sp³-hybridized carbons (Fsp3) is 0.0303. The van der Waals surface area contributed by atoms with Gasteiger partial charge in [0.25, 0.3) is 0 Å². The molecule has 4 nitrogen and oxygen atoms in total. The predicted octanol–water partition coefficient (Wildman–Crippen LogP) is 18.7. The Kier molecular flexibility index (Phi) is 10.3. The fourth-order valence-electron chi connectivity index (χ4n) is 10.4. The molecule has 0 fully saturated rings. The van der Waals surface area contributed by atoms with Crippen LogP contribution in [0.3, 0.4) is 0 Å². The van der Waals surface area contributed by atoms with Gasteiger partial charge in [-0.05, 0) is 113 Å². The Labute approximate surface area is 406 Å². The zero-order valence-corrected chi connectivity index (χ0v) is 38.3. The van der Waals surface area contributed by atoms with Gasteiger partial charge in [-0.25, -0.2) is 0 Å². The monoisotopic (exact) mass is 898 g/mol. The van der Waals surface area contributed by atoms with Crippen molar-refractivity contribution in [2.75, 3.05) is 9.80 Å². The smallest absolute Gasteiger partial charge is 0.143 e. The summed E-state index contributed by atoms with van der Waals surface area (Å²) in [5, 5.41) is 4.54. The third-order valence-corrected chi connectivity index (χ3v) is 13.8. The first-order chi connectivity index (χ1) is 34.7. The molecule has 0 spiro atoms. The van der Waals surface area contributed by atoms with Crippen LogP contribution in [0.25, 0.3) is 77.3 Å². The van der Waals surface area contributed by atoms with E-state index in [4.69, 9.17) is 8.83 Å². The van der Waals surface area contributed by atoms with Crippen LogP contribution in [0.5, 0.6) is 0 Å². The Morgan fingerprint density at radius 2 is 0.800 bits per heavy atom. The van der Waals surface area contributed by atoms with Gasteiger partial charge < -0.3 is 18.6 Å². The molecule has 0 radical (unpaired) electrons. The summed E-state index contributed by atoms with van der Waals surface area (Å²) in [6.07, 6.45) is 7.93. The van der Waals surface area contributed by atoms with E-state index in [0.29, 0.717) is 0 Å². The molecule has 4 heteroatoms. The molecule has 0 saturated carbocycles. The van der Waals surface area contributed by atoms with Crippen molar-refractivity contribution in [1.29, 1.82) is 0 Å². The second-order valence-electron chi connectivity index (χ2n) is 18.0. The van der Waals surface area contributed by atoms with Crippen LogP contribution < -0.4 is 9.80 Å². The van der Waals surface area contributed by atoms with E-state index in [9.17, 15) is 0 Å². The molecule has 0 amide bonds. The summed E-state index contributed by atoms with van der Waals surface area (Å²) in [5.41, 5.74) is 18.3. The molecule has 10 aromatic carbocycles. The van der Waals surface area contributed by atoms with Gasteiger partial charge >= 0.3 is 0 Å². The van der Waals surface area contributed by atoms with Gasteiger partial charge in [0, 0.05) is 72.7 Å². The molecule has 0 saturated heterocycles. The number of fused-ring (bicyclic) bond motifs is 6. The second kappa shape index (κ2) is 17.5. The maximum absolute atomic E-state index is 6.42. The van der Waals surface area contributed by atoms with Crippen molar-refractivity contribution < 1.29 is 8.83 Å². The quantitative estimate of drug-likeness (QED) is 0.137. The van der Waals surface area contributed by atoms with Gasteiger partial charge in [0.05, 0.1) is 0 Å². The fourth-order valence-corrected chi connectivity index (χ4v) is 10.4. The molecule has 2 aromatic heterocycles. The zero-order chi connectivity index (χ0) is 46.4. The van der Waals surface area contributed by atoms with Crippen LogP contribution in [-0.2, 0) is 0 Å². The molecule has 0 N–H and O–H groups in total. The standard InChI is InChI=1S/C66H46N2O2/c1-3-20-51(21-4-1)67(53-38-34-45(35-39-53)57-28-14-30-61-59-26-7-9-32-63(59)69-65(57)61)55-24-12-18-49(43-55)47-16-11-17-48(42-47)50-19-13-25-56(44-50)68(52-22-5-2-6-23-52)54-40-36-46(37-41-54)58-29-15-31-62-60-27-8-10-33-64(60)70-66(58)62/h1-18,20-44,50H,19H2. The highest BCUT2D eigenvalue weighted by atomic mass is 16.3. The molecule has 13 rings (SSSR count). The van der Waals surface area contributed by atoms with Crippen molar-refractivity contribution in [3.8, 4) is 33.4 Å². The molecule has 332 valence electrons. The first kappa shape index (κ1) is 41.1. The van der Waals surface area contributed by atoms with Crippen LogP contribution in [0, 0.1) is 0 Å². The summed E-state index contributed by atoms with van der Waals surface area (Å²) < 4.78 is 12.8. The molecule has 2 heterocycles. The highest BCUT2D eigenvalue weighted by Crippen LogP contribution is 2.42. The number of allylic oxidation sites excluding steroid dienone is 3. The number of hydrogen-bond acceptors (Lipinski definition) is 4. The number of anilines is 5. The summed E-state index contributed by atoms with van der Waals surface area (Å²) in [7, 11) is 0. The largest absolute Gasteiger partial charge is 0.455 e. The molecule has 1 aliphatic carbocycles. The van der Waals surface area contributed by atoms with Crippen molar-refractivity contribution in [2.24, 2.45) is 0 Å². The highest BCUT2D eigenvalue weighted by Gasteiger charge is 2.21. The van der Waals surface area contributed by atoms with Crippen LogP contribution in [0.15, 0.2) is 275 Å². The van der Waals surface area contributed by atoms with Crippen LogP contribution in [0.4, 0.5) is 28.4 Å². The summed E-state index contributed by atoms with van der Waals surface area (Å²) in [6.45, 7) is 0. The Morgan fingerprint density at radius 3 is 1.40 bits per heavy atom. The lowest BCUT2D eigenvalue weighted by molar-refractivity contribution is 0.669. The van der Waals surface area contributed by atoms with Gasteiger partial charge in [0.15, 0.2) is 0 Å². The average molecular weight is 899 g/mol. The SMILES string of the molecule is C1=CC(N(c2ccccc2)c2ccc(-c3cccc4c3oc3ccccc34)cc2)=CC(c2cccc(-c3cccc(N(c4ccccc4)c4ccc(-c5cccc6c5oc5ccccc56)cc4)c3)c2)C1. The van der Waals surface area contributed by atoms with E-state index >= 15 is 0 Å². The molecule has 70 heavy (non-hydrogen) atoms. The molecular weight excluding hydrogens is 853 g/mol. The van der Waals surface area contributed by atoms with Gasteiger partial charge in [-0.3, -0.25) is 0 Å². The van der Waals surface area contributed by atoms with Crippen molar-refractivity contribution >= 4 is 72.3 Å². The normalized spacial score (nSPS) is 13.5. The highest BCUT2D eigenvalue weighted by molar-refractivity contribution is 6.10. The third kappa shape index (κ3) is 7.44. The summed E-state index contributed by atoms with van der Waals surface area (Å²) in [6, 6.07) is 86.4. The molecule has 1 aliphatic rings. The average Bonchev–Trinajstić information content (AvgIpc) is 4.02. The van der Waals surface area contributed by atoms with E-state index in [2.05, 4.69) is 246 Å². The minimum Gasteiger partial charge on any atom is -0.455 e. The lowest BCUT2D eigenvalue weighted by atomic mass is 9.89. The van der Waals surface area contributed by atoms with Gasteiger partial charge in [0.2, 0.25) is 0 Å². The predicted molar refractivity (Wildman–Crippen MR) is 292 cm³/mol. The molecule has 0 aliphatic heterocycles. The Balaban J connectivity index is 0.811. The van der Waals surface area contributed by atoms with Crippen LogP contribution in [-0.4, -0.2) is 0 Å². The van der Waals surface area contributed by atoms with Crippen molar-refractivity contribution in [3.63, 3.8) is 0 Å². The molecule has 1 atom stereocenters. The number of hydrogen-bond donors (Lipinski definition) is 0. The summed E-state index contributed by atoms with van der Waals surface area (Å²) in [5.74, 6) is 0.184. The first-order valence-corrected chi connectivity index (χ1v) is 24.0. The van der Waals surface area contributed by atoms with Gasteiger partial charge in [-0.1, -0.05) is 182 Å². The van der Waals surface area contributed by atoms with Gasteiger partial charge in [-0.15, -0.1) is 0 Å². The second-order valence-corrected chi connectivity index (χ2v) is 18.0. The van der Waals surface area contributed by atoms with E-state index < -0.39 is 0 Å². The maximum Gasteiger partial charge on any atom is 0.143 e. The number of benzene rings is 10. The topological polar surface area (TPSA) is 32.8 Å². The molecular formula is C66H46N2O2. The van der Waals surface area contributed by atoms with Crippen molar-refractivity contribution in [3.05, 3.63) is 272 Å². The molecule has 0 bridgehead atoms. The van der Waals surface area contributed by atoms with Crippen molar-refractivity contribution in [1.82, 2.24) is 0 Å². The van der Waals surface area contributed by atoms with E-state index in [1.165, 1.54) is 11.1 Å². The van der Waals surface area contributed by atoms with Gasteiger partial charge in [-0.2, -0.15) is 0 Å². The van der Waals surface area contributed by atoms with E-state index in [1.807, 2.05) is 24.3 Å².